The molecule has 0 saturated carbocycles. The second-order valence-electron chi connectivity index (χ2n) is 4.00. The summed E-state index contributed by atoms with van der Waals surface area (Å²) in [6.45, 7) is 4.60. The summed E-state index contributed by atoms with van der Waals surface area (Å²) in [6, 6.07) is 0. The van der Waals surface area contributed by atoms with Crippen LogP contribution in [0.5, 0.6) is 0 Å². The minimum absolute atomic E-state index is 0.0263. The van der Waals surface area contributed by atoms with E-state index in [1.165, 1.54) is 6.92 Å². The molecule has 0 unspecified atom stereocenters. The average Bonchev–Trinajstić information content (AvgIpc) is 2.17. The van der Waals surface area contributed by atoms with Crippen molar-refractivity contribution in [2.24, 2.45) is 0 Å². The number of ether oxygens (including phenoxy) is 1. The largest absolute Gasteiger partial charge is 0.388 e. The monoisotopic (exact) mass is 216 g/mol. The summed E-state index contributed by atoms with van der Waals surface area (Å²) in [5, 5.41) is 15.9. The molecule has 1 amide bonds. The summed E-state index contributed by atoms with van der Waals surface area (Å²) in [6.07, 6.45) is 1.36. The number of hydrogen-bond donors (Lipinski definition) is 3. The number of amides is 1. The molecule has 0 radical (unpaired) electrons. The van der Waals surface area contributed by atoms with Crippen LogP contribution in [-0.4, -0.2) is 49.5 Å². The molecule has 0 atom stereocenters. The van der Waals surface area contributed by atoms with Crippen molar-refractivity contribution in [3.05, 3.63) is 0 Å². The Morgan fingerprint density at radius 2 is 2.07 bits per heavy atom. The average molecular weight is 216 g/mol. The third-order valence-electron chi connectivity index (χ3n) is 2.55. The van der Waals surface area contributed by atoms with E-state index < -0.39 is 5.60 Å². The molecule has 0 bridgehead atoms. The summed E-state index contributed by atoms with van der Waals surface area (Å²) in [5.74, 6) is -0.0263. The standard InChI is InChI=1S/C10H20N2O3/c1-9(13)12-5-4-11-8-10(14)2-6-15-7-3-10/h11,14H,2-8H2,1H3,(H,12,13). The van der Waals surface area contributed by atoms with Crippen LogP contribution in [-0.2, 0) is 9.53 Å². The van der Waals surface area contributed by atoms with E-state index in [0.29, 0.717) is 45.7 Å². The number of nitrogens with one attached hydrogen (secondary N) is 2. The molecule has 1 aliphatic rings. The van der Waals surface area contributed by atoms with Gasteiger partial charge in [0.1, 0.15) is 0 Å². The Morgan fingerprint density at radius 3 is 2.67 bits per heavy atom. The first-order valence-corrected chi connectivity index (χ1v) is 5.38. The Bertz CT molecular complexity index is 203. The van der Waals surface area contributed by atoms with Gasteiger partial charge in [0.05, 0.1) is 5.60 Å². The quantitative estimate of drug-likeness (QED) is 0.529. The predicted octanol–water partition coefficient (Wildman–Crippen LogP) is -0.746. The van der Waals surface area contributed by atoms with E-state index >= 15 is 0 Å². The SMILES string of the molecule is CC(=O)NCCNCC1(O)CCOCC1. The maximum absolute atomic E-state index is 10.6. The van der Waals surface area contributed by atoms with E-state index in [9.17, 15) is 9.90 Å². The smallest absolute Gasteiger partial charge is 0.216 e. The van der Waals surface area contributed by atoms with Gasteiger partial charge in [-0.25, -0.2) is 0 Å². The molecule has 0 aromatic carbocycles. The number of hydrogen-bond acceptors (Lipinski definition) is 4. The Labute approximate surface area is 90.2 Å². The van der Waals surface area contributed by atoms with E-state index in [0.717, 1.165) is 0 Å². The van der Waals surface area contributed by atoms with E-state index in [1.807, 2.05) is 0 Å². The lowest BCUT2D eigenvalue weighted by atomic mass is 9.94. The van der Waals surface area contributed by atoms with Crippen LogP contribution in [0.2, 0.25) is 0 Å². The van der Waals surface area contributed by atoms with Gasteiger partial charge in [0.25, 0.3) is 0 Å². The highest BCUT2D eigenvalue weighted by Crippen LogP contribution is 2.18. The Hall–Kier alpha value is -0.650. The first-order valence-electron chi connectivity index (χ1n) is 5.38. The molecule has 0 aromatic rings. The third kappa shape index (κ3) is 5.11. The van der Waals surface area contributed by atoms with Gasteiger partial charge in [0.2, 0.25) is 5.91 Å². The van der Waals surface area contributed by atoms with Crippen molar-refractivity contribution in [3.63, 3.8) is 0 Å². The molecule has 15 heavy (non-hydrogen) atoms. The fourth-order valence-corrected chi connectivity index (χ4v) is 1.58. The summed E-state index contributed by atoms with van der Waals surface area (Å²) < 4.78 is 5.18. The van der Waals surface area contributed by atoms with Gasteiger partial charge in [-0.05, 0) is 0 Å². The molecule has 1 saturated heterocycles. The Balaban J connectivity index is 2.05. The highest BCUT2D eigenvalue weighted by atomic mass is 16.5. The topological polar surface area (TPSA) is 70.6 Å². The minimum atomic E-state index is -0.630. The van der Waals surface area contributed by atoms with Crippen LogP contribution in [0.25, 0.3) is 0 Å². The van der Waals surface area contributed by atoms with E-state index in [-0.39, 0.29) is 5.91 Å². The second-order valence-corrected chi connectivity index (χ2v) is 4.00. The molecule has 5 heteroatoms. The van der Waals surface area contributed by atoms with Crippen LogP contribution < -0.4 is 10.6 Å². The number of aliphatic hydroxyl groups is 1. The maximum atomic E-state index is 10.6. The fourth-order valence-electron chi connectivity index (χ4n) is 1.58. The maximum Gasteiger partial charge on any atom is 0.216 e. The Kier molecular flexibility index (Phi) is 5.01. The highest BCUT2D eigenvalue weighted by Gasteiger charge is 2.28. The van der Waals surface area contributed by atoms with E-state index in [4.69, 9.17) is 4.74 Å². The van der Waals surface area contributed by atoms with Gasteiger partial charge >= 0.3 is 0 Å². The Morgan fingerprint density at radius 1 is 1.40 bits per heavy atom. The zero-order chi connectivity index (χ0) is 11.1. The van der Waals surface area contributed by atoms with Crippen LogP contribution in [0, 0.1) is 0 Å². The van der Waals surface area contributed by atoms with Crippen molar-refractivity contribution >= 4 is 5.91 Å². The van der Waals surface area contributed by atoms with Crippen LogP contribution in [0.3, 0.4) is 0 Å². The molecule has 1 fully saturated rings. The summed E-state index contributed by atoms with van der Waals surface area (Å²) in [5.41, 5.74) is -0.630. The predicted molar refractivity (Wildman–Crippen MR) is 56.6 cm³/mol. The molecule has 1 rings (SSSR count). The number of rotatable bonds is 5. The van der Waals surface area contributed by atoms with Crippen molar-refractivity contribution in [2.75, 3.05) is 32.8 Å². The lowest BCUT2D eigenvalue weighted by Crippen LogP contribution is -2.46. The summed E-state index contributed by atoms with van der Waals surface area (Å²) >= 11 is 0. The lowest BCUT2D eigenvalue weighted by Gasteiger charge is -2.32. The van der Waals surface area contributed by atoms with Crippen molar-refractivity contribution in [3.8, 4) is 0 Å². The van der Waals surface area contributed by atoms with Gasteiger partial charge in [0.15, 0.2) is 0 Å². The normalized spacial score (nSPS) is 19.9. The van der Waals surface area contributed by atoms with Crippen LogP contribution in [0.1, 0.15) is 19.8 Å². The molecule has 1 aliphatic heterocycles. The first-order chi connectivity index (χ1) is 7.12. The van der Waals surface area contributed by atoms with Gasteiger partial charge in [-0.15, -0.1) is 0 Å². The van der Waals surface area contributed by atoms with Crippen LogP contribution in [0.15, 0.2) is 0 Å². The third-order valence-corrected chi connectivity index (χ3v) is 2.55. The molecule has 5 nitrogen and oxygen atoms in total. The van der Waals surface area contributed by atoms with Crippen molar-refractivity contribution in [1.29, 1.82) is 0 Å². The number of carbonyl (C=O) groups is 1. The first kappa shape index (κ1) is 12.4. The van der Waals surface area contributed by atoms with Crippen molar-refractivity contribution in [2.45, 2.75) is 25.4 Å². The van der Waals surface area contributed by atoms with Gasteiger partial charge in [-0.3, -0.25) is 4.79 Å². The van der Waals surface area contributed by atoms with Crippen LogP contribution in [0.4, 0.5) is 0 Å². The molecule has 88 valence electrons. The highest BCUT2D eigenvalue weighted by molar-refractivity contribution is 5.72. The van der Waals surface area contributed by atoms with Crippen molar-refractivity contribution < 1.29 is 14.6 Å². The van der Waals surface area contributed by atoms with E-state index in [1.54, 1.807) is 0 Å². The molecule has 0 aliphatic carbocycles. The molecular weight excluding hydrogens is 196 g/mol. The van der Waals surface area contributed by atoms with E-state index in [2.05, 4.69) is 10.6 Å². The van der Waals surface area contributed by atoms with Crippen LogP contribution >= 0.6 is 0 Å². The fraction of sp³-hybridized carbons (Fsp3) is 0.900. The molecule has 0 aromatic heterocycles. The molecule has 1 heterocycles. The zero-order valence-corrected chi connectivity index (χ0v) is 9.21. The second kappa shape index (κ2) is 6.05. The summed E-state index contributed by atoms with van der Waals surface area (Å²) in [4.78, 5) is 10.6. The van der Waals surface area contributed by atoms with Gasteiger partial charge in [0, 0.05) is 52.6 Å². The minimum Gasteiger partial charge on any atom is -0.388 e. The molecule has 0 spiro atoms. The van der Waals surface area contributed by atoms with Gasteiger partial charge in [-0.1, -0.05) is 0 Å². The van der Waals surface area contributed by atoms with Gasteiger partial charge < -0.3 is 20.5 Å². The zero-order valence-electron chi connectivity index (χ0n) is 9.21. The lowest BCUT2D eigenvalue weighted by molar-refractivity contribution is -0.118. The molecular formula is C10H20N2O3. The van der Waals surface area contributed by atoms with Gasteiger partial charge in [-0.2, -0.15) is 0 Å². The summed E-state index contributed by atoms with van der Waals surface area (Å²) in [7, 11) is 0. The molecule has 3 N–H and O–H groups in total. The van der Waals surface area contributed by atoms with Crippen molar-refractivity contribution in [1.82, 2.24) is 10.6 Å². The number of carbonyl (C=O) groups excluding carboxylic acids is 1.